The summed E-state index contributed by atoms with van der Waals surface area (Å²) in [5, 5.41) is 0.273. The van der Waals surface area contributed by atoms with Crippen LogP contribution in [0.5, 0.6) is 0 Å². The third kappa shape index (κ3) is 7.52. The molecule has 24 heavy (non-hydrogen) atoms. The van der Waals surface area contributed by atoms with Crippen molar-refractivity contribution in [3.05, 3.63) is 11.8 Å². The molecule has 0 spiro atoms. The Balaban J connectivity index is 2.42. The lowest BCUT2D eigenvalue weighted by atomic mass is 9.82. The van der Waals surface area contributed by atoms with Gasteiger partial charge < -0.3 is 9.16 Å². The Hall–Kier alpha value is -0.613. The van der Waals surface area contributed by atoms with Gasteiger partial charge in [-0.1, -0.05) is 40.0 Å². The second-order valence-corrected chi connectivity index (χ2v) is 13.5. The Morgan fingerprint density at radius 2 is 1.75 bits per heavy atom. The first kappa shape index (κ1) is 21.4. The van der Waals surface area contributed by atoms with E-state index in [1.54, 1.807) is 6.26 Å². The van der Waals surface area contributed by atoms with E-state index in [1.165, 1.54) is 44.6 Å². The first-order valence-corrected chi connectivity index (χ1v) is 12.5. The number of esters is 1. The highest BCUT2D eigenvalue weighted by Crippen LogP contribution is 2.37. The standard InChI is InChI=1S/C20H38O3Si/c1-17(21)22-16-19(18-12-8-7-9-13-18)14-10-11-15-23-24(5,6)20(2,3)4/h16,18H,7-15H2,1-6H3/b19-16-. The summed E-state index contributed by atoms with van der Waals surface area (Å²) in [7, 11) is -1.63. The van der Waals surface area contributed by atoms with Gasteiger partial charge in [0.1, 0.15) is 0 Å². The van der Waals surface area contributed by atoms with Gasteiger partial charge in [0, 0.05) is 13.5 Å². The first-order valence-electron chi connectivity index (χ1n) is 9.63. The first-order chi connectivity index (χ1) is 11.1. The normalized spacial score (nSPS) is 17.8. The number of ether oxygens (including phenoxy) is 1. The van der Waals surface area contributed by atoms with E-state index in [-0.39, 0.29) is 11.0 Å². The maximum Gasteiger partial charge on any atom is 0.307 e. The molecule has 0 aromatic carbocycles. The van der Waals surface area contributed by atoms with E-state index in [2.05, 4.69) is 33.9 Å². The van der Waals surface area contributed by atoms with Gasteiger partial charge in [-0.2, -0.15) is 0 Å². The fraction of sp³-hybridized carbons (Fsp3) is 0.850. The molecule has 0 amide bonds. The maximum atomic E-state index is 11.1. The Morgan fingerprint density at radius 1 is 1.12 bits per heavy atom. The summed E-state index contributed by atoms with van der Waals surface area (Å²) in [5.74, 6) is 0.393. The monoisotopic (exact) mass is 354 g/mol. The zero-order valence-electron chi connectivity index (χ0n) is 16.7. The minimum atomic E-state index is -1.63. The fourth-order valence-corrected chi connectivity index (χ4v) is 4.05. The van der Waals surface area contributed by atoms with Crippen molar-refractivity contribution in [1.29, 1.82) is 0 Å². The summed E-state index contributed by atoms with van der Waals surface area (Å²) in [6, 6.07) is 0. The molecule has 1 fully saturated rings. The Kier molecular flexibility index (Phi) is 8.72. The van der Waals surface area contributed by atoms with Crippen molar-refractivity contribution in [2.45, 2.75) is 97.2 Å². The van der Waals surface area contributed by atoms with Crippen LogP contribution < -0.4 is 0 Å². The number of hydrogen-bond acceptors (Lipinski definition) is 3. The molecule has 0 aliphatic heterocycles. The SMILES string of the molecule is CC(=O)O/C=C(/CCCCO[Si](C)(C)C(C)(C)C)C1CCCCC1. The van der Waals surface area contributed by atoms with E-state index in [0.717, 1.165) is 25.9 Å². The van der Waals surface area contributed by atoms with Crippen molar-refractivity contribution in [1.82, 2.24) is 0 Å². The molecule has 1 aliphatic carbocycles. The lowest BCUT2D eigenvalue weighted by Crippen LogP contribution is -2.40. The third-order valence-electron chi connectivity index (χ3n) is 5.63. The quantitative estimate of drug-likeness (QED) is 0.225. The highest BCUT2D eigenvalue weighted by molar-refractivity contribution is 6.74. The molecule has 1 rings (SSSR count). The number of rotatable bonds is 8. The molecule has 0 aromatic rings. The van der Waals surface area contributed by atoms with Crippen LogP contribution >= 0.6 is 0 Å². The van der Waals surface area contributed by atoms with Crippen LogP contribution in [0.2, 0.25) is 18.1 Å². The van der Waals surface area contributed by atoms with E-state index in [9.17, 15) is 4.79 Å². The van der Waals surface area contributed by atoms with Gasteiger partial charge in [0.05, 0.1) is 6.26 Å². The van der Waals surface area contributed by atoms with E-state index in [0.29, 0.717) is 5.92 Å². The van der Waals surface area contributed by atoms with Gasteiger partial charge in [-0.15, -0.1) is 0 Å². The molecule has 0 unspecified atom stereocenters. The Bertz CT molecular complexity index is 415. The van der Waals surface area contributed by atoms with Crippen molar-refractivity contribution >= 4 is 14.3 Å². The van der Waals surface area contributed by atoms with Crippen LogP contribution in [0.25, 0.3) is 0 Å². The van der Waals surface area contributed by atoms with Crippen LogP contribution in [-0.4, -0.2) is 20.9 Å². The Labute approximate surface area is 150 Å². The van der Waals surface area contributed by atoms with Gasteiger partial charge in [-0.3, -0.25) is 4.79 Å². The summed E-state index contributed by atoms with van der Waals surface area (Å²) in [4.78, 5) is 11.1. The van der Waals surface area contributed by atoms with Crippen LogP contribution in [0, 0.1) is 5.92 Å². The molecule has 0 radical (unpaired) electrons. The average Bonchev–Trinajstić information content (AvgIpc) is 2.49. The topological polar surface area (TPSA) is 35.5 Å². The largest absolute Gasteiger partial charge is 0.435 e. The van der Waals surface area contributed by atoms with E-state index in [1.807, 2.05) is 0 Å². The fourth-order valence-electron chi connectivity index (χ4n) is 2.97. The molecule has 0 N–H and O–H groups in total. The molecule has 0 saturated heterocycles. The molecule has 1 aliphatic rings. The van der Waals surface area contributed by atoms with E-state index < -0.39 is 8.32 Å². The molecule has 0 bridgehead atoms. The molecular formula is C20H38O3Si. The lowest BCUT2D eigenvalue weighted by Gasteiger charge is -2.36. The number of hydrogen-bond donors (Lipinski definition) is 0. The van der Waals surface area contributed by atoms with Gasteiger partial charge in [0.15, 0.2) is 8.32 Å². The van der Waals surface area contributed by atoms with Crippen LogP contribution in [0.1, 0.15) is 79.1 Å². The molecule has 1 saturated carbocycles. The van der Waals surface area contributed by atoms with Crippen molar-refractivity contribution in [3.8, 4) is 0 Å². The van der Waals surface area contributed by atoms with Crippen LogP contribution in [0.15, 0.2) is 11.8 Å². The average molecular weight is 355 g/mol. The number of carbonyl (C=O) groups excluding carboxylic acids is 1. The number of allylic oxidation sites excluding steroid dienone is 1. The van der Waals surface area contributed by atoms with Gasteiger partial charge in [0.25, 0.3) is 0 Å². The van der Waals surface area contributed by atoms with E-state index in [4.69, 9.17) is 9.16 Å². The number of carbonyl (C=O) groups is 1. The van der Waals surface area contributed by atoms with Crippen molar-refractivity contribution in [2.24, 2.45) is 5.92 Å². The van der Waals surface area contributed by atoms with Crippen molar-refractivity contribution in [3.63, 3.8) is 0 Å². The Morgan fingerprint density at radius 3 is 2.29 bits per heavy atom. The zero-order chi connectivity index (χ0) is 18.2. The van der Waals surface area contributed by atoms with Crippen molar-refractivity contribution < 1.29 is 14.0 Å². The summed E-state index contributed by atoms with van der Waals surface area (Å²) >= 11 is 0. The smallest absolute Gasteiger partial charge is 0.307 e. The highest BCUT2D eigenvalue weighted by Gasteiger charge is 2.36. The molecule has 3 nitrogen and oxygen atoms in total. The van der Waals surface area contributed by atoms with Crippen molar-refractivity contribution in [2.75, 3.05) is 6.61 Å². The summed E-state index contributed by atoms with van der Waals surface area (Å²) in [6.07, 6.45) is 11.4. The van der Waals surface area contributed by atoms with Crippen LogP contribution in [-0.2, 0) is 14.0 Å². The number of unbranched alkanes of at least 4 members (excludes halogenated alkanes) is 1. The second-order valence-electron chi connectivity index (χ2n) is 8.70. The van der Waals surface area contributed by atoms with E-state index >= 15 is 0 Å². The second kappa shape index (κ2) is 9.76. The summed E-state index contributed by atoms with van der Waals surface area (Å²) in [6.45, 7) is 13.8. The minimum absolute atomic E-state index is 0.218. The van der Waals surface area contributed by atoms with Gasteiger partial charge in [-0.05, 0) is 61.7 Å². The predicted molar refractivity (Wildman–Crippen MR) is 103 cm³/mol. The maximum absolute atomic E-state index is 11.1. The van der Waals surface area contributed by atoms with Gasteiger partial charge >= 0.3 is 5.97 Å². The molecule has 140 valence electrons. The molecule has 0 atom stereocenters. The molecule has 0 aromatic heterocycles. The molecule has 0 heterocycles. The summed E-state index contributed by atoms with van der Waals surface area (Å²) in [5.41, 5.74) is 1.33. The van der Waals surface area contributed by atoms with Gasteiger partial charge in [-0.25, -0.2) is 0 Å². The molecular weight excluding hydrogens is 316 g/mol. The molecule has 4 heteroatoms. The predicted octanol–water partition coefficient (Wildman–Crippen LogP) is 6.21. The third-order valence-corrected chi connectivity index (χ3v) is 10.2. The lowest BCUT2D eigenvalue weighted by molar-refractivity contribution is -0.135. The van der Waals surface area contributed by atoms with Gasteiger partial charge in [0.2, 0.25) is 0 Å². The zero-order valence-corrected chi connectivity index (χ0v) is 17.7. The van der Waals surface area contributed by atoms with Crippen LogP contribution in [0.4, 0.5) is 0 Å². The summed E-state index contributed by atoms with van der Waals surface area (Å²) < 4.78 is 11.4. The van der Waals surface area contributed by atoms with Crippen LogP contribution in [0.3, 0.4) is 0 Å². The highest BCUT2D eigenvalue weighted by atomic mass is 28.4. The minimum Gasteiger partial charge on any atom is -0.435 e.